The first-order chi connectivity index (χ1) is 7.56. The number of carboxylic acids is 1. The van der Waals surface area contributed by atoms with Gasteiger partial charge in [0, 0.05) is 13.2 Å². The highest BCUT2D eigenvalue weighted by molar-refractivity contribution is 6.06. The van der Waals surface area contributed by atoms with Gasteiger partial charge in [0.1, 0.15) is 11.6 Å². The molecule has 0 fully saturated rings. The van der Waals surface area contributed by atoms with E-state index < -0.39 is 11.8 Å². The molecule has 0 saturated carbocycles. The summed E-state index contributed by atoms with van der Waals surface area (Å²) in [5, 5.41) is 9.31. The van der Waals surface area contributed by atoms with Gasteiger partial charge in [-0.2, -0.15) is 0 Å². The SMILES string of the molecule is COc1ccc(F)c2c1c(C(=O)O)cn2C. The van der Waals surface area contributed by atoms with Crippen molar-refractivity contribution < 1.29 is 19.0 Å². The summed E-state index contributed by atoms with van der Waals surface area (Å²) in [5.41, 5.74) is 0.269. The molecule has 0 bridgehead atoms. The van der Waals surface area contributed by atoms with Crippen LogP contribution in [0.3, 0.4) is 0 Å². The molecule has 5 heteroatoms. The average molecular weight is 223 g/mol. The van der Waals surface area contributed by atoms with Gasteiger partial charge in [0.15, 0.2) is 0 Å². The Kier molecular flexibility index (Phi) is 2.30. The van der Waals surface area contributed by atoms with Gasteiger partial charge < -0.3 is 14.4 Å². The summed E-state index contributed by atoms with van der Waals surface area (Å²) in [5.74, 6) is -1.21. The molecule has 4 nitrogen and oxygen atoms in total. The molecule has 1 N–H and O–H groups in total. The van der Waals surface area contributed by atoms with Crippen LogP contribution in [0.5, 0.6) is 5.75 Å². The number of carbonyl (C=O) groups is 1. The van der Waals surface area contributed by atoms with Gasteiger partial charge in [-0.25, -0.2) is 9.18 Å². The number of aromatic nitrogens is 1. The normalized spacial score (nSPS) is 10.7. The third-order valence-corrected chi connectivity index (χ3v) is 2.49. The number of benzene rings is 1. The van der Waals surface area contributed by atoms with Crippen LogP contribution in [-0.4, -0.2) is 22.8 Å². The molecule has 0 saturated heterocycles. The standard InChI is InChI=1S/C11H10FNO3/c1-13-5-6(11(14)15)9-8(16-2)4-3-7(12)10(9)13/h3-5H,1-2H3,(H,14,15). The molecule has 0 radical (unpaired) electrons. The van der Waals surface area contributed by atoms with E-state index in [4.69, 9.17) is 9.84 Å². The molecule has 0 aliphatic heterocycles. The predicted octanol–water partition coefficient (Wildman–Crippen LogP) is 2.02. The van der Waals surface area contributed by atoms with Crippen LogP contribution in [0.2, 0.25) is 0 Å². The van der Waals surface area contributed by atoms with Crippen molar-refractivity contribution >= 4 is 16.9 Å². The lowest BCUT2D eigenvalue weighted by molar-refractivity contribution is 0.0698. The summed E-state index contributed by atoms with van der Waals surface area (Å²) in [6.45, 7) is 0. The first-order valence-corrected chi connectivity index (χ1v) is 4.61. The maximum atomic E-state index is 13.6. The Morgan fingerprint density at radius 1 is 1.50 bits per heavy atom. The molecule has 0 amide bonds. The molecule has 1 aromatic carbocycles. The Morgan fingerprint density at radius 3 is 2.75 bits per heavy atom. The van der Waals surface area contributed by atoms with Crippen LogP contribution in [0.1, 0.15) is 10.4 Å². The maximum Gasteiger partial charge on any atom is 0.338 e. The topological polar surface area (TPSA) is 51.5 Å². The summed E-state index contributed by atoms with van der Waals surface area (Å²) in [4.78, 5) is 11.0. The van der Waals surface area contributed by atoms with E-state index in [0.717, 1.165) is 0 Å². The Hall–Kier alpha value is -2.04. The molecule has 1 aromatic heterocycles. The fourth-order valence-electron chi connectivity index (χ4n) is 1.81. The first-order valence-electron chi connectivity index (χ1n) is 4.61. The summed E-state index contributed by atoms with van der Waals surface area (Å²) in [6, 6.07) is 2.68. The van der Waals surface area contributed by atoms with Crippen molar-refractivity contribution in [1.82, 2.24) is 4.57 Å². The summed E-state index contributed by atoms with van der Waals surface area (Å²) in [7, 11) is 3.02. The zero-order valence-electron chi connectivity index (χ0n) is 8.82. The lowest BCUT2D eigenvalue weighted by Crippen LogP contribution is -1.95. The van der Waals surface area contributed by atoms with Crippen LogP contribution in [0.25, 0.3) is 10.9 Å². The maximum absolute atomic E-state index is 13.6. The van der Waals surface area contributed by atoms with Gasteiger partial charge in [-0.05, 0) is 12.1 Å². The number of aryl methyl sites for hydroxylation is 1. The fourth-order valence-corrected chi connectivity index (χ4v) is 1.81. The highest BCUT2D eigenvalue weighted by Crippen LogP contribution is 2.31. The summed E-state index contributed by atoms with van der Waals surface area (Å²) >= 11 is 0. The number of fused-ring (bicyclic) bond motifs is 1. The zero-order chi connectivity index (χ0) is 11.9. The van der Waals surface area contributed by atoms with E-state index in [-0.39, 0.29) is 16.5 Å². The van der Waals surface area contributed by atoms with Crippen molar-refractivity contribution in [3.8, 4) is 5.75 Å². The molecule has 0 unspecified atom stereocenters. The van der Waals surface area contributed by atoms with E-state index >= 15 is 0 Å². The third-order valence-electron chi connectivity index (χ3n) is 2.49. The molecule has 0 aliphatic rings. The molecular formula is C11H10FNO3. The fraction of sp³-hybridized carbons (Fsp3) is 0.182. The lowest BCUT2D eigenvalue weighted by Gasteiger charge is -2.04. The van der Waals surface area contributed by atoms with Gasteiger partial charge in [-0.15, -0.1) is 0 Å². The number of aromatic carboxylic acids is 1. The van der Waals surface area contributed by atoms with Crippen molar-refractivity contribution in [2.45, 2.75) is 0 Å². The molecule has 84 valence electrons. The minimum Gasteiger partial charge on any atom is -0.496 e. The number of hydrogen-bond acceptors (Lipinski definition) is 2. The minimum absolute atomic E-state index is 0.0360. The molecular weight excluding hydrogens is 213 g/mol. The quantitative estimate of drug-likeness (QED) is 0.847. The van der Waals surface area contributed by atoms with Crippen LogP contribution in [0, 0.1) is 5.82 Å². The van der Waals surface area contributed by atoms with Crippen molar-refractivity contribution in [1.29, 1.82) is 0 Å². The van der Waals surface area contributed by atoms with Crippen LogP contribution in [-0.2, 0) is 7.05 Å². The Bertz CT molecular complexity index is 574. The van der Waals surface area contributed by atoms with Gasteiger partial charge in [0.2, 0.25) is 0 Å². The smallest absolute Gasteiger partial charge is 0.338 e. The number of ether oxygens (including phenoxy) is 1. The number of methoxy groups -OCH3 is 1. The van der Waals surface area contributed by atoms with Crippen molar-refractivity contribution in [3.63, 3.8) is 0 Å². The zero-order valence-corrected chi connectivity index (χ0v) is 8.82. The molecule has 2 rings (SSSR count). The van der Waals surface area contributed by atoms with Crippen molar-refractivity contribution in [3.05, 3.63) is 29.7 Å². The van der Waals surface area contributed by atoms with Gasteiger partial charge in [0.05, 0.1) is 23.6 Å². The van der Waals surface area contributed by atoms with E-state index in [9.17, 15) is 9.18 Å². The second-order valence-corrected chi connectivity index (χ2v) is 3.43. The molecule has 2 aromatic rings. The van der Waals surface area contributed by atoms with E-state index in [2.05, 4.69) is 0 Å². The van der Waals surface area contributed by atoms with E-state index in [1.54, 1.807) is 7.05 Å². The van der Waals surface area contributed by atoms with E-state index in [1.807, 2.05) is 0 Å². The Labute approximate surface area is 90.9 Å². The second kappa shape index (κ2) is 3.52. The second-order valence-electron chi connectivity index (χ2n) is 3.43. The average Bonchev–Trinajstić information content (AvgIpc) is 2.58. The van der Waals surface area contributed by atoms with Gasteiger partial charge >= 0.3 is 5.97 Å². The number of halogens is 1. The molecule has 0 spiro atoms. The van der Waals surface area contributed by atoms with Crippen LogP contribution in [0.15, 0.2) is 18.3 Å². The number of rotatable bonds is 2. The minimum atomic E-state index is -1.10. The van der Waals surface area contributed by atoms with Gasteiger partial charge in [-0.1, -0.05) is 0 Å². The van der Waals surface area contributed by atoms with Crippen LogP contribution in [0.4, 0.5) is 4.39 Å². The number of nitrogens with zero attached hydrogens (tertiary/aromatic N) is 1. The van der Waals surface area contributed by atoms with Crippen LogP contribution >= 0.6 is 0 Å². The molecule has 16 heavy (non-hydrogen) atoms. The highest BCUT2D eigenvalue weighted by atomic mass is 19.1. The Morgan fingerprint density at radius 2 is 2.19 bits per heavy atom. The van der Waals surface area contributed by atoms with Gasteiger partial charge in [-0.3, -0.25) is 0 Å². The van der Waals surface area contributed by atoms with E-state index in [1.165, 1.54) is 30.0 Å². The van der Waals surface area contributed by atoms with Crippen molar-refractivity contribution in [2.75, 3.05) is 7.11 Å². The molecule has 1 heterocycles. The largest absolute Gasteiger partial charge is 0.496 e. The summed E-state index contributed by atoms with van der Waals surface area (Å²) < 4.78 is 20.1. The van der Waals surface area contributed by atoms with Crippen molar-refractivity contribution in [2.24, 2.45) is 7.05 Å². The first kappa shape index (κ1) is 10.5. The van der Waals surface area contributed by atoms with E-state index in [0.29, 0.717) is 5.75 Å². The third kappa shape index (κ3) is 1.32. The number of carboxylic acid groups (broad SMARTS) is 1. The van der Waals surface area contributed by atoms with Gasteiger partial charge in [0.25, 0.3) is 0 Å². The molecule has 0 aliphatic carbocycles. The predicted molar refractivity (Wildman–Crippen MR) is 56.4 cm³/mol. The number of hydrogen-bond donors (Lipinski definition) is 1. The monoisotopic (exact) mass is 223 g/mol. The summed E-state index contributed by atoms with van der Waals surface area (Å²) in [6.07, 6.45) is 1.37. The highest BCUT2D eigenvalue weighted by Gasteiger charge is 2.19. The lowest BCUT2D eigenvalue weighted by atomic mass is 10.1. The molecule has 0 atom stereocenters. The van der Waals surface area contributed by atoms with Crippen LogP contribution < -0.4 is 4.74 Å². The Balaban J connectivity index is 2.95.